The molecule has 0 aromatic heterocycles. The lowest BCUT2D eigenvalue weighted by Crippen LogP contribution is -2.18. The second-order valence-electron chi connectivity index (χ2n) is 2.95. The quantitative estimate of drug-likeness (QED) is 0.306. The van der Waals surface area contributed by atoms with E-state index in [0.717, 1.165) is 12.0 Å². The van der Waals surface area contributed by atoms with E-state index in [1.807, 2.05) is 6.92 Å². The minimum atomic E-state index is -1.10. The molecule has 1 N–H and O–H groups in total. The molecular weight excluding hydrogens is 168 g/mol. The van der Waals surface area contributed by atoms with Crippen molar-refractivity contribution in [1.82, 2.24) is 0 Å². The molecule has 0 aliphatic heterocycles. The summed E-state index contributed by atoms with van der Waals surface area (Å²) in [6, 6.07) is 0. The van der Waals surface area contributed by atoms with Crippen molar-refractivity contribution in [3.8, 4) is 0 Å². The molecule has 0 aromatic carbocycles. The van der Waals surface area contributed by atoms with Gasteiger partial charge in [0.2, 0.25) is 6.29 Å². The first-order chi connectivity index (χ1) is 5.97. The average molecular weight is 184 g/mol. The molecule has 0 heterocycles. The summed E-state index contributed by atoms with van der Waals surface area (Å²) in [6.45, 7) is 10.5. The van der Waals surface area contributed by atoms with Crippen LogP contribution in [0.3, 0.4) is 0 Å². The number of carbonyl (C=O) groups excluding carboxylic acids is 1. The van der Waals surface area contributed by atoms with Crippen LogP contribution in [0.5, 0.6) is 0 Å². The van der Waals surface area contributed by atoms with Crippen LogP contribution in [0.15, 0.2) is 24.3 Å². The Balaban J connectivity index is 3.87. The summed E-state index contributed by atoms with van der Waals surface area (Å²) < 4.78 is 4.64. The Bertz CT molecular complexity index is 218. The molecular formula is C10H16O3. The summed E-state index contributed by atoms with van der Waals surface area (Å²) in [7, 11) is 0. The van der Waals surface area contributed by atoms with Crippen molar-refractivity contribution in [2.45, 2.75) is 33.0 Å². The fraction of sp³-hybridized carbons (Fsp3) is 0.500. The van der Waals surface area contributed by atoms with Gasteiger partial charge >= 0.3 is 5.97 Å². The summed E-state index contributed by atoms with van der Waals surface area (Å²) in [5.41, 5.74) is 1.13. The van der Waals surface area contributed by atoms with Crippen LogP contribution < -0.4 is 0 Å². The zero-order chi connectivity index (χ0) is 10.4. The lowest BCUT2D eigenvalue weighted by atomic mass is 10.1. The highest BCUT2D eigenvalue weighted by Gasteiger charge is 2.11. The molecule has 3 nitrogen and oxygen atoms in total. The first kappa shape index (κ1) is 11.9. The Hall–Kier alpha value is -1.09. The van der Waals surface area contributed by atoms with Crippen LogP contribution in [0.1, 0.15) is 26.7 Å². The highest BCUT2D eigenvalue weighted by atomic mass is 16.6. The van der Waals surface area contributed by atoms with Gasteiger partial charge in [0.25, 0.3) is 0 Å². The predicted molar refractivity (Wildman–Crippen MR) is 51.0 cm³/mol. The van der Waals surface area contributed by atoms with Gasteiger partial charge in [-0.25, -0.2) is 4.79 Å². The van der Waals surface area contributed by atoms with Crippen LogP contribution >= 0.6 is 0 Å². The first-order valence-electron chi connectivity index (χ1n) is 4.18. The number of aliphatic hydroxyl groups is 1. The maximum Gasteiger partial charge on any atom is 0.335 e. The molecule has 0 spiro atoms. The molecule has 0 bridgehead atoms. The molecule has 13 heavy (non-hydrogen) atoms. The van der Waals surface area contributed by atoms with Crippen molar-refractivity contribution < 1.29 is 14.6 Å². The topological polar surface area (TPSA) is 46.5 Å². The van der Waals surface area contributed by atoms with Gasteiger partial charge in [-0.1, -0.05) is 25.7 Å². The van der Waals surface area contributed by atoms with Gasteiger partial charge in [0, 0.05) is 12.0 Å². The second-order valence-corrected chi connectivity index (χ2v) is 2.95. The van der Waals surface area contributed by atoms with Crippen LogP contribution in [0, 0.1) is 0 Å². The SMILES string of the molecule is C=C(CC)CC(O)OC(=O)C(=C)C. The van der Waals surface area contributed by atoms with Crippen molar-refractivity contribution in [3.63, 3.8) is 0 Å². The predicted octanol–water partition coefficient (Wildman–Crippen LogP) is 1.78. The monoisotopic (exact) mass is 184 g/mol. The van der Waals surface area contributed by atoms with Crippen LogP contribution in [-0.4, -0.2) is 17.4 Å². The summed E-state index contributed by atoms with van der Waals surface area (Å²) in [5, 5.41) is 9.23. The third-order valence-electron chi connectivity index (χ3n) is 1.55. The number of aliphatic hydroxyl groups excluding tert-OH is 1. The number of hydrogen-bond acceptors (Lipinski definition) is 3. The molecule has 0 saturated carbocycles. The molecule has 74 valence electrons. The van der Waals surface area contributed by atoms with Crippen molar-refractivity contribution >= 4 is 5.97 Å². The summed E-state index contributed by atoms with van der Waals surface area (Å²) in [6.07, 6.45) is -0.0475. The molecule has 3 heteroatoms. The summed E-state index contributed by atoms with van der Waals surface area (Å²) in [4.78, 5) is 10.9. The van der Waals surface area contributed by atoms with Crippen molar-refractivity contribution in [1.29, 1.82) is 0 Å². The maximum absolute atomic E-state index is 10.9. The van der Waals surface area contributed by atoms with Crippen LogP contribution in [-0.2, 0) is 9.53 Å². The molecule has 0 fully saturated rings. The van der Waals surface area contributed by atoms with Crippen molar-refractivity contribution in [2.24, 2.45) is 0 Å². The van der Waals surface area contributed by atoms with Gasteiger partial charge in [0.05, 0.1) is 0 Å². The van der Waals surface area contributed by atoms with Gasteiger partial charge in [-0.3, -0.25) is 0 Å². The largest absolute Gasteiger partial charge is 0.432 e. The lowest BCUT2D eigenvalue weighted by molar-refractivity contribution is -0.162. The van der Waals surface area contributed by atoms with Crippen LogP contribution in [0.4, 0.5) is 0 Å². The van der Waals surface area contributed by atoms with Gasteiger partial charge in [-0.15, -0.1) is 0 Å². The van der Waals surface area contributed by atoms with E-state index in [0.29, 0.717) is 0 Å². The minimum absolute atomic E-state index is 0.279. The molecule has 0 saturated heterocycles. The fourth-order valence-corrected chi connectivity index (χ4v) is 0.657. The van der Waals surface area contributed by atoms with E-state index in [2.05, 4.69) is 17.9 Å². The number of hydrogen-bond donors (Lipinski definition) is 1. The standard InChI is InChI=1S/C10H16O3/c1-5-8(4)6-9(11)13-10(12)7(2)3/h9,11H,2,4-6H2,1,3H3. The first-order valence-corrected chi connectivity index (χ1v) is 4.18. The number of rotatable bonds is 5. The fourth-order valence-electron chi connectivity index (χ4n) is 0.657. The van der Waals surface area contributed by atoms with E-state index in [1.165, 1.54) is 6.92 Å². The second kappa shape index (κ2) is 5.54. The van der Waals surface area contributed by atoms with E-state index in [-0.39, 0.29) is 12.0 Å². The van der Waals surface area contributed by atoms with Gasteiger partial charge in [-0.2, -0.15) is 0 Å². The number of carbonyl (C=O) groups is 1. The van der Waals surface area contributed by atoms with Gasteiger partial charge in [-0.05, 0) is 13.3 Å². The van der Waals surface area contributed by atoms with E-state index in [4.69, 9.17) is 0 Å². The highest BCUT2D eigenvalue weighted by molar-refractivity contribution is 5.86. The highest BCUT2D eigenvalue weighted by Crippen LogP contribution is 2.09. The normalized spacial score (nSPS) is 11.9. The Morgan fingerprint density at radius 3 is 2.46 bits per heavy atom. The third-order valence-corrected chi connectivity index (χ3v) is 1.55. The third kappa shape index (κ3) is 5.20. The van der Waals surface area contributed by atoms with E-state index in [9.17, 15) is 9.90 Å². The van der Waals surface area contributed by atoms with Crippen LogP contribution in [0.2, 0.25) is 0 Å². The van der Waals surface area contributed by atoms with Crippen LogP contribution in [0.25, 0.3) is 0 Å². The molecule has 0 aliphatic rings. The Morgan fingerprint density at radius 1 is 1.54 bits per heavy atom. The van der Waals surface area contributed by atoms with Crippen molar-refractivity contribution in [2.75, 3.05) is 0 Å². The summed E-state index contributed by atoms with van der Waals surface area (Å²) >= 11 is 0. The number of ether oxygens (including phenoxy) is 1. The molecule has 0 amide bonds. The number of esters is 1. The van der Waals surface area contributed by atoms with Gasteiger partial charge < -0.3 is 9.84 Å². The Kier molecular flexibility index (Phi) is 5.07. The minimum Gasteiger partial charge on any atom is -0.432 e. The molecule has 0 rings (SSSR count). The molecule has 0 radical (unpaired) electrons. The van der Waals surface area contributed by atoms with Gasteiger partial charge in [0.1, 0.15) is 0 Å². The Labute approximate surface area is 78.7 Å². The smallest absolute Gasteiger partial charge is 0.335 e. The maximum atomic E-state index is 10.9. The van der Waals surface area contributed by atoms with Crippen molar-refractivity contribution in [3.05, 3.63) is 24.3 Å². The van der Waals surface area contributed by atoms with Gasteiger partial charge in [0.15, 0.2) is 0 Å². The van der Waals surface area contributed by atoms with E-state index < -0.39 is 12.3 Å². The molecule has 0 aromatic rings. The molecule has 0 aliphatic carbocycles. The molecule has 1 unspecified atom stereocenters. The van der Waals surface area contributed by atoms with E-state index >= 15 is 0 Å². The lowest BCUT2D eigenvalue weighted by Gasteiger charge is -2.12. The zero-order valence-corrected chi connectivity index (χ0v) is 8.17. The molecule has 1 atom stereocenters. The average Bonchev–Trinajstić information content (AvgIpc) is 2.03. The van der Waals surface area contributed by atoms with E-state index in [1.54, 1.807) is 0 Å². The summed E-state index contributed by atoms with van der Waals surface area (Å²) in [5.74, 6) is -0.573. The zero-order valence-electron chi connectivity index (χ0n) is 8.17. The Morgan fingerprint density at radius 2 is 2.08 bits per heavy atom.